The highest BCUT2D eigenvalue weighted by molar-refractivity contribution is 5.76. The zero-order valence-electron chi connectivity index (χ0n) is 11.1. The predicted octanol–water partition coefficient (Wildman–Crippen LogP) is 1.72. The van der Waals surface area contributed by atoms with Crippen molar-refractivity contribution in [2.45, 2.75) is 32.9 Å². The number of amides is 1. The summed E-state index contributed by atoms with van der Waals surface area (Å²) in [5, 5.41) is 12.4. The lowest BCUT2D eigenvalue weighted by Gasteiger charge is -2.14. The van der Waals surface area contributed by atoms with Crippen molar-refractivity contribution in [1.29, 1.82) is 0 Å². The molecule has 18 heavy (non-hydrogen) atoms. The van der Waals surface area contributed by atoms with Gasteiger partial charge in [-0.2, -0.15) is 0 Å². The molecule has 2 N–H and O–H groups in total. The third-order valence-corrected chi connectivity index (χ3v) is 2.79. The number of aliphatic hydroxyl groups is 1. The molecule has 0 aliphatic heterocycles. The predicted molar refractivity (Wildman–Crippen MR) is 70.3 cm³/mol. The lowest BCUT2D eigenvalue weighted by atomic mass is 10.0. The highest BCUT2D eigenvalue weighted by Crippen LogP contribution is 2.12. The Hall–Kier alpha value is -1.55. The molecule has 0 radical (unpaired) electrons. The smallest absolute Gasteiger partial charge is 0.222 e. The van der Waals surface area contributed by atoms with Crippen molar-refractivity contribution in [3.63, 3.8) is 0 Å². The first-order valence-electron chi connectivity index (χ1n) is 6.10. The maximum atomic E-state index is 11.6. The standard InChI is InChI=1S/C14H21NO3/c1-10(2)13(16)8-14(17)15-9-11-5-4-6-12(7-11)18-3/h4-7,10,13,16H,8-9H2,1-3H3,(H,15,17). The fourth-order valence-corrected chi connectivity index (χ4v) is 1.48. The van der Waals surface area contributed by atoms with Crippen LogP contribution in [0.25, 0.3) is 0 Å². The van der Waals surface area contributed by atoms with Crippen LogP contribution in [0.1, 0.15) is 25.8 Å². The van der Waals surface area contributed by atoms with Crippen LogP contribution in [0.3, 0.4) is 0 Å². The van der Waals surface area contributed by atoms with E-state index in [4.69, 9.17) is 4.74 Å². The van der Waals surface area contributed by atoms with E-state index >= 15 is 0 Å². The zero-order chi connectivity index (χ0) is 13.5. The molecule has 1 amide bonds. The van der Waals surface area contributed by atoms with Gasteiger partial charge >= 0.3 is 0 Å². The van der Waals surface area contributed by atoms with E-state index in [1.165, 1.54) is 0 Å². The van der Waals surface area contributed by atoms with Gasteiger partial charge in [0.15, 0.2) is 0 Å². The third kappa shape index (κ3) is 4.75. The Kier molecular flexibility index (Phi) is 5.65. The van der Waals surface area contributed by atoms with E-state index in [1.54, 1.807) is 7.11 Å². The Morgan fingerprint density at radius 1 is 1.44 bits per heavy atom. The number of methoxy groups -OCH3 is 1. The van der Waals surface area contributed by atoms with Crippen molar-refractivity contribution in [2.75, 3.05) is 7.11 Å². The van der Waals surface area contributed by atoms with E-state index in [0.29, 0.717) is 6.54 Å². The van der Waals surface area contributed by atoms with E-state index in [9.17, 15) is 9.90 Å². The molecular weight excluding hydrogens is 230 g/mol. The molecule has 1 aromatic carbocycles. The molecule has 0 aromatic heterocycles. The average molecular weight is 251 g/mol. The van der Waals surface area contributed by atoms with E-state index in [2.05, 4.69) is 5.32 Å². The van der Waals surface area contributed by atoms with Crippen molar-refractivity contribution in [1.82, 2.24) is 5.32 Å². The van der Waals surface area contributed by atoms with Crippen molar-refractivity contribution in [3.05, 3.63) is 29.8 Å². The minimum atomic E-state index is -0.588. The molecule has 0 aliphatic rings. The monoisotopic (exact) mass is 251 g/mol. The second-order valence-corrected chi connectivity index (χ2v) is 4.64. The van der Waals surface area contributed by atoms with Gasteiger partial charge in [-0.05, 0) is 23.6 Å². The summed E-state index contributed by atoms with van der Waals surface area (Å²) in [5.41, 5.74) is 0.974. The Morgan fingerprint density at radius 2 is 2.17 bits per heavy atom. The minimum Gasteiger partial charge on any atom is -0.497 e. The molecule has 0 bridgehead atoms. The first-order chi connectivity index (χ1) is 8.52. The molecule has 100 valence electrons. The van der Waals surface area contributed by atoms with Crippen LogP contribution in [0.2, 0.25) is 0 Å². The fraction of sp³-hybridized carbons (Fsp3) is 0.500. The lowest BCUT2D eigenvalue weighted by molar-refractivity contribution is -0.123. The highest BCUT2D eigenvalue weighted by Gasteiger charge is 2.13. The first kappa shape index (κ1) is 14.5. The molecule has 0 spiro atoms. The van der Waals surface area contributed by atoms with Crippen molar-refractivity contribution < 1.29 is 14.6 Å². The van der Waals surface area contributed by atoms with E-state index < -0.39 is 6.10 Å². The average Bonchev–Trinajstić information content (AvgIpc) is 2.36. The normalized spacial score (nSPS) is 12.3. The number of rotatable bonds is 6. The van der Waals surface area contributed by atoms with Gasteiger partial charge in [-0.1, -0.05) is 26.0 Å². The second kappa shape index (κ2) is 7.01. The Balaban J connectivity index is 2.42. The van der Waals surface area contributed by atoms with Gasteiger partial charge in [-0.25, -0.2) is 0 Å². The summed E-state index contributed by atoms with van der Waals surface area (Å²) in [7, 11) is 1.61. The molecule has 1 atom stereocenters. The zero-order valence-corrected chi connectivity index (χ0v) is 11.1. The summed E-state index contributed by atoms with van der Waals surface area (Å²) < 4.78 is 5.10. The van der Waals surface area contributed by atoms with Crippen molar-refractivity contribution in [2.24, 2.45) is 5.92 Å². The fourth-order valence-electron chi connectivity index (χ4n) is 1.48. The molecule has 1 unspecified atom stereocenters. The summed E-state index contributed by atoms with van der Waals surface area (Å²) in [5.74, 6) is 0.718. The largest absolute Gasteiger partial charge is 0.497 e. The maximum Gasteiger partial charge on any atom is 0.222 e. The van der Waals surface area contributed by atoms with Gasteiger partial charge in [0.05, 0.1) is 19.6 Å². The van der Waals surface area contributed by atoms with Crippen LogP contribution in [0, 0.1) is 5.92 Å². The van der Waals surface area contributed by atoms with Crippen molar-refractivity contribution >= 4 is 5.91 Å². The Labute approximate surface area is 108 Å². The SMILES string of the molecule is COc1cccc(CNC(=O)CC(O)C(C)C)c1. The second-order valence-electron chi connectivity index (χ2n) is 4.64. The molecule has 0 aliphatic carbocycles. The Bertz CT molecular complexity index is 390. The van der Waals surface area contributed by atoms with Gasteiger partial charge in [0.2, 0.25) is 5.91 Å². The van der Waals surface area contributed by atoms with Crippen LogP contribution in [-0.4, -0.2) is 24.2 Å². The van der Waals surface area contributed by atoms with E-state index in [-0.39, 0.29) is 18.2 Å². The molecular formula is C14H21NO3. The van der Waals surface area contributed by atoms with Gasteiger partial charge in [0, 0.05) is 6.54 Å². The summed E-state index contributed by atoms with van der Waals surface area (Å²) in [4.78, 5) is 11.6. The molecule has 0 saturated heterocycles. The number of carbonyl (C=O) groups is 1. The number of hydrogen-bond acceptors (Lipinski definition) is 3. The molecule has 1 aromatic rings. The van der Waals surface area contributed by atoms with Crippen LogP contribution in [-0.2, 0) is 11.3 Å². The number of aliphatic hydroxyl groups excluding tert-OH is 1. The van der Waals surface area contributed by atoms with E-state index in [1.807, 2.05) is 38.1 Å². The van der Waals surface area contributed by atoms with Crippen LogP contribution < -0.4 is 10.1 Å². The van der Waals surface area contributed by atoms with Gasteiger partial charge in [0.25, 0.3) is 0 Å². The lowest BCUT2D eigenvalue weighted by Crippen LogP contribution is -2.29. The van der Waals surface area contributed by atoms with Crippen LogP contribution >= 0.6 is 0 Å². The highest BCUT2D eigenvalue weighted by atomic mass is 16.5. The number of hydrogen-bond donors (Lipinski definition) is 2. The van der Waals surface area contributed by atoms with Crippen LogP contribution in [0.5, 0.6) is 5.75 Å². The van der Waals surface area contributed by atoms with Gasteiger partial charge in [0.1, 0.15) is 5.75 Å². The molecule has 4 heteroatoms. The summed E-state index contributed by atoms with van der Waals surface area (Å²) >= 11 is 0. The number of benzene rings is 1. The molecule has 0 heterocycles. The van der Waals surface area contributed by atoms with Gasteiger partial charge in [-0.3, -0.25) is 4.79 Å². The van der Waals surface area contributed by atoms with Crippen molar-refractivity contribution in [3.8, 4) is 5.75 Å². The van der Waals surface area contributed by atoms with Gasteiger partial charge < -0.3 is 15.2 Å². The summed E-state index contributed by atoms with van der Waals surface area (Å²) in [6, 6.07) is 7.53. The number of carbonyl (C=O) groups excluding carboxylic acids is 1. The molecule has 1 rings (SSSR count). The molecule has 4 nitrogen and oxygen atoms in total. The van der Waals surface area contributed by atoms with E-state index in [0.717, 1.165) is 11.3 Å². The molecule has 0 saturated carbocycles. The maximum absolute atomic E-state index is 11.6. The molecule has 0 fully saturated rings. The minimum absolute atomic E-state index is 0.0903. The first-order valence-corrected chi connectivity index (χ1v) is 6.10. The topological polar surface area (TPSA) is 58.6 Å². The quantitative estimate of drug-likeness (QED) is 0.809. The van der Waals surface area contributed by atoms with Crippen LogP contribution in [0.4, 0.5) is 0 Å². The Morgan fingerprint density at radius 3 is 2.78 bits per heavy atom. The third-order valence-electron chi connectivity index (χ3n) is 2.79. The van der Waals surface area contributed by atoms with Gasteiger partial charge in [-0.15, -0.1) is 0 Å². The number of ether oxygens (including phenoxy) is 1. The number of nitrogens with one attached hydrogen (secondary N) is 1. The summed E-state index contributed by atoms with van der Waals surface area (Å²) in [6.45, 7) is 4.22. The van der Waals surface area contributed by atoms with Crippen LogP contribution in [0.15, 0.2) is 24.3 Å². The summed E-state index contributed by atoms with van der Waals surface area (Å²) in [6.07, 6.45) is -0.447.